The van der Waals surface area contributed by atoms with Crippen molar-refractivity contribution in [1.82, 2.24) is 19.8 Å². The molecule has 6 rings (SSSR count). The molecule has 0 atom stereocenters. The van der Waals surface area contributed by atoms with E-state index in [0.29, 0.717) is 47.3 Å². The Hall–Kier alpha value is -4.73. The van der Waals surface area contributed by atoms with Crippen molar-refractivity contribution in [2.45, 2.75) is 19.8 Å². The molecule has 3 heterocycles. The van der Waals surface area contributed by atoms with Crippen molar-refractivity contribution in [2.24, 2.45) is 0 Å². The monoisotopic (exact) mass is 620 g/mol. The molecular weight excluding hydrogens is 579 g/mol. The molecule has 0 saturated carbocycles. The second kappa shape index (κ2) is 13.7. The first-order valence-electron chi connectivity index (χ1n) is 15.8. The molecule has 0 unspecified atom stereocenters. The summed E-state index contributed by atoms with van der Waals surface area (Å²) in [5.74, 6) is 0.904. The number of hydrogen-bond acceptors (Lipinski definition) is 7. The quantitative estimate of drug-likeness (QED) is 0.133. The first kappa shape index (κ1) is 31.3. The molecule has 9 heteroatoms. The van der Waals surface area contributed by atoms with E-state index in [1.165, 1.54) is 25.0 Å². The number of aromatic nitrogens is 2. The number of anilines is 1. The normalized spacial score (nSPS) is 13.5. The van der Waals surface area contributed by atoms with Crippen LogP contribution in [-0.2, 0) is 0 Å². The minimum absolute atomic E-state index is 0.170. The number of ether oxygens (including phenoxy) is 2. The highest BCUT2D eigenvalue weighted by Gasteiger charge is 2.18. The number of likely N-dealkylation sites (tertiary alicyclic amines) is 1. The number of hydrogen-bond donors (Lipinski definition) is 3. The number of nitrogens with zero attached hydrogens (tertiary/aromatic N) is 3. The molecule has 0 radical (unpaired) electrons. The van der Waals surface area contributed by atoms with Crippen LogP contribution in [0.15, 0.2) is 72.8 Å². The topological polar surface area (TPSA) is 103 Å². The number of aromatic amines is 1. The number of halogens is 1. The maximum atomic E-state index is 14.7. The van der Waals surface area contributed by atoms with E-state index >= 15 is 0 Å². The summed E-state index contributed by atoms with van der Waals surface area (Å²) in [5.41, 5.74) is 12.9. The Balaban J connectivity index is 1.26. The Morgan fingerprint density at radius 2 is 1.72 bits per heavy atom. The number of nitrogens with two attached hydrogens (primary N) is 1. The SMILES string of the molecule is Cc1cc(OCCN2CCCC2)cc(-c2ccc(N)c(C(=N)c3cc4c(-c5cc(F)cc(OCCN(C)C)c5)cccc4[nH]3)n2)c1. The van der Waals surface area contributed by atoms with Crippen LogP contribution in [0.5, 0.6) is 11.5 Å². The van der Waals surface area contributed by atoms with Gasteiger partial charge in [-0.05, 0) is 118 Å². The lowest BCUT2D eigenvalue weighted by Gasteiger charge is -2.16. The van der Waals surface area contributed by atoms with E-state index in [1.54, 1.807) is 6.07 Å². The van der Waals surface area contributed by atoms with Crippen LogP contribution in [0, 0.1) is 18.2 Å². The molecule has 2 aromatic heterocycles. The van der Waals surface area contributed by atoms with Crippen molar-refractivity contribution in [1.29, 1.82) is 5.41 Å². The molecule has 1 aliphatic heterocycles. The third-order valence-electron chi connectivity index (χ3n) is 8.31. The predicted octanol–water partition coefficient (Wildman–Crippen LogP) is 6.76. The van der Waals surface area contributed by atoms with E-state index in [4.69, 9.17) is 25.6 Å². The van der Waals surface area contributed by atoms with Gasteiger partial charge in [0.15, 0.2) is 0 Å². The molecule has 3 aromatic carbocycles. The molecule has 1 aliphatic rings. The molecule has 5 aromatic rings. The Labute approximate surface area is 269 Å². The maximum absolute atomic E-state index is 14.7. The summed E-state index contributed by atoms with van der Waals surface area (Å²) >= 11 is 0. The lowest BCUT2D eigenvalue weighted by atomic mass is 10.0. The molecular formula is C37H41FN6O2. The number of fused-ring (bicyclic) bond motifs is 1. The van der Waals surface area contributed by atoms with Crippen LogP contribution < -0.4 is 15.2 Å². The average Bonchev–Trinajstić information content (AvgIpc) is 3.71. The Morgan fingerprint density at radius 1 is 0.957 bits per heavy atom. The zero-order valence-electron chi connectivity index (χ0n) is 26.7. The summed E-state index contributed by atoms with van der Waals surface area (Å²) in [6.07, 6.45) is 2.52. The van der Waals surface area contributed by atoms with Crippen molar-refractivity contribution in [3.8, 4) is 33.9 Å². The fraction of sp³-hybridized carbons (Fsp3) is 0.297. The number of rotatable bonds is 12. The summed E-state index contributed by atoms with van der Waals surface area (Å²) in [6.45, 7) is 7.05. The van der Waals surface area contributed by atoms with E-state index in [0.717, 1.165) is 59.5 Å². The van der Waals surface area contributed by atoms with E-state index in [1.807, 2.05) is 74.4 Å². The lowest BCUT2D eigenvalue weighted by molar-refractivity contribution is 0.238. The van der Waals surface area contributed by atoms with Gasteiger partial charge in [0.05, 0.1) is 17.1 Å². The zero-order valence-corrected chi connectivity index (χ0v) is 26.7. The highest BCUT2D eigenvalue weighted by Crippen LogP contribution is 2.33. The highest BCUT2D eigenvalue weighted by atomic mass is 19.1. The zero-order chi connectivity index (χ0) is 32.2. The second-order valence-corrected chi connectivity index (χ2v) is 12.2. The van der Waals surface area contributed by atoms with Crippen molar-refractivity contribution in [3.05, 3.63) is 95.6 Å². The minimum Gasteiger partial charge on any atom is -0.492 e. The van der Waals surface area contributed by atoms with Crippen LogP contribution in [0.4, 0.5) is 10.1 Å². The van der Waals surface area contributed by atoms with Gasteiger partial charge in [-0.25, -0.2) is 9.37 Å². The molecule has 8 nitrogen and oxygen atoms in total. The minimum atomic E-state index is -0.372. The molecule has 238 valence electrons. The number of benzene rings is 3. The number of H-pyrrole nitrogens is 1. The van der Waals surface area contributed by atoms with E-state index in [2.05, 4.69) is 16.0 Å². The van der Waals surface area contributed by atoms with Gasteiger partial charge >= 0.3 is 0 Å². The van der Waals surface area contributed by atoms with Gasteiger partial charge in [-0.2, -0.15) is 0 Å². The number of aryl methyl sites for hydroxylation is 1. The Morgan fingerprint density at radius 3 is 2.52 bits per heavy atom. The first-order chi connectivity index (χ1) is 22.2. The fourth-order valence-corrected chi connectivity index (χ4v) is 5.93. The van der Waals surface area contributed by atoms with Crippen LogP contribution in [-0.4, -0.2) is 79.0 Å². The molecule has 1 saturated heterocycles. The molecule has 1 fully saturated rings. The standard InChI is InChI=1S/C37H41FN6O2/c1-24-17-26(21-28(18-24)46-16-14-44-11-4-5-12-44)33-10-9-32(39)37(42-33)36(40)35-23-31-30(7-6-8-34(31)41-35)25-19-27(38)22-29(20-25)45-15-13-43(2)3/h6-10,17-23,40-41H,4-5,11-16,39H2,1-3H3. The van der Waals surface area contributed by atoms with Crippen molar-refractivity contribution in [2.75, 3.05) is 59.2 Å². The summed E-state index contributed by atoms with van der Waals surface area (Å²) < 4.78 is 26.7. The van der Waals surface area contributed by atoms with Gasteiger partial charge < -0.3 is 25.1 Å². The maximum Gasteiger partial charge on any atom is 0.127 e. The van der Waals surface area contributed by atoms with Gasteiger partial charge in [0.1, 0.15) is 41.9 Å². The molecule has 0 bridgehead atoms. The fourth-order valence-electron chi connectivity index (χ4n) is 5.93. The summed E-state index contributed by atoms with van der Waals surface area (Å²) in [6, 6.07) is 22.2. The van der Waals surface area contributed by atoms with Crippen LogP contribution in [0.3, 0.4) is 0 Å². The third-order valence-corrected chi connectivity index (χ3v) is 8.31. The van der Waals surface area contributed by atoms with Gasteiger partial charge in [-0.15, -0.1) is 0 Å². The Bertz CT molecular complexity index is 1860. The van der Waals surface area contributed by atoms with E-state index in [9.17, 15) is 4.39 Å². The van der Waals surface area contributed by atoms with Gasteiger partial charge in [0.25, 0.3) is 0 Å². The highest BCUT2D eigenvalue weighted by molar-refractivity contribution is 6.14. The van der Waals surface area contributed by atoms with Crippen LogP contribution >= 0.6 is 0 Å². The van der Waals surface area contributed by atoms with Gasteiger partial charge in [-0.1, -0.05) is 12.1 Å². The molecule has 0 aliphatic carbocycles. The molecule has 46 heavy (non-hydrogen) atoms. The van der Waals surface area contributed by atoms with E-state index in [-0.39, 0.29) is 11.5 Å². The molecule has 4 N–H and O–H groups in total. The second-order valence-electron chi connectivity index (χ2n) is 12.2. The first-order valence-corrected chi connectivity index (χ1v) is 15.8. The van der Waals surface area contributed by atoms with E-state index < -0.39 is 0 Å². The van der Waals surface area contributed by atoms with Gasteiger partial charge in [0.2, 0.25) is 0 Å². The molecule has 0 spiro atoms. The smallest absolute Gasteiger partial charge is 0.127 e. The summed E-state index contributed by atoms with van der Waals surface area (Å²) in [7, 11) is 3.93. The largest absolute Gasteiger partial charge is 0.492 e. The van der Waals surface area contributed by atoms with Crippen molar-refractivity contribution >= 4 is 22.3 Å². The lowest BCUT2D eigenvalue weighted by Crippen LogP contribution is -2.25. The number of likely N-dealkylation sites (N-methyl/N-ethyl adjacent to an activating group) is 1. The Kier molecular flexibility index (Phi) is 9.33. The third kappa shape index (κ3) is 7.22. The van der Waals surface area contributed by atoms with Gasteiger partial charge in [0, 0.05) is 35.6 Å². The predicted molar refractivity (Wildman–Crippen MR) is 184 cm³/mol. The number of pyridine rings is 1. The van der Waals surface area contributed by atoms with Crippen LogP contribution in [0.25, 0.3) is 33.3 Å². The van der Waals surface area contributed by atoms with Gasteiger partial charge in [-0.3, -0.25) is 10.3 Å². The number of nitrogens with one attached hydrogen (secondary N) is 2. The number of nitrogen functional groups attached to an aromatic ring is 1. The molecule has 0 amide bonds. The average molecular weight is 621 g/mol. The van der Waals surface area contributed by atoms with Crippen LogP contribution in [0.2, 0.25) is 0 Å². The van der Waals surface area contributed by atoms with Crippen LogP contribution in [0.1, 0.15) is 29.8 Å². The summed E-state index contributed by atoms with van der Waals surface area (Å²) in [4.78, 5) is 12.7. The summed E-state index contributed by atoms with van der Waals surface area (Å²) in [5, 5.41) is 9.98. The van der Waals surface area contributed by atoms with Crippen molar-refractivity contribution < 1.29 is 13.9 Å². The van der Waals surface area contributed by atoms with Crippen molar-refractivity contribution in [3.63, 3.8) is 0 Å².